The van der Waals surface area contributed by atoms with Crippen LogP contribution in [0, 0.1) is 6.92 Å². The molecule has 1 unspecified atom stereocenters. The van der Waals surface area contributed by atoms with Crippen LogP contribution in [0.4, 0.5) is 5.69 Å². The van der Waals surface area contributed by atoms with E-state index in [0.717, 1.165) is 5.69 Å². The summed E-state index contributed by atoms with van der Waals surface area (Å²) < 4.78 is 0. The molecule has 0 bridgehead atoms. The van der Waals surface area contributed by atoms with Gasteiger partial charge in [0.25, 0.3) is 0 Å². The van der Waals surface area contributed by atoms with Crippen LogP contribution in [0.25, 0.3) is 0 Å². The lowest BCUT2D eigenvalue weighted by Gasteiger charge is -2.30. The number of benzene rings is 2. The summed E-state index contributed by atoms with van der Waals surface area (Å²) >= 11 is 6.07. The lowest BCUT2D eigenvalue weighted by Crippen LogP contribution is -2.25. The number of hydrogen-bond acceptors (Lipinski definition) is 2. The van der Waals surface area contributed by atoms with E-state index in [1.807, 2.05) is 29.3 Å². The van der Waals surface area contributed by atoms with Gasteiger partial charge in [-0.05, 0) is 30.7 Å². The van der Waals surface area contributed by atoms with Crippen LogP contribution in [0.2, 0.25) is 0 Å². The Hall–Kier alpha value is -2.06. The quantitative estimate of drug-likeness (QED) is 0.782. The van der Waals surface area contributed by atoms with Gasteiger partial charge < -0.3 is 0 Å². The first-order chi connectivity index (χ1) is 9.74. The smallest absolute Gasteiger partial charge is 0.149 e. The highest BCUT2D eigenvalue weighted by Crippen LogP contribution is 2.31. The molecule has 2 nitrogen and oxygen atoms in total. The summed E-state index contributed by atoms with van der Waals surface area (Å²) in [6.07, 6.45) is 3.93. The zero-order valence-electron chi connectivity index (χ0n) is 11.2. The van der Waals surface area contributed by atoms with Crippen LogP contribution in [-0.4, -0.2) is 5.17 Å². The summed E-state index contributed by atoms with van der Waals surface area (Å²) in [5.74, 6) is 0. The van der Waals surface area contributed by atoms with Gasteiger partial charge in [0.1, 0.15) is 5.17 Å². The Morgan fingerprint density at radius 1 is 1.00 bits per heavy atom. The SMILES string of the molecule is Cc1ccc(N2N=C(Cl)C=CC2c2ccccc2)cc1. The molecule has 1 atom stereocenters. The molecule has 0 N–H and O–H groups in total. The number of aryl methyl sites for hydroxylation is 1. The van der Waals surface area contributed by atoms with Crippen LogP contribution < -0.4 is 5.01 Å². The van der Waals surface area contributed by atoms with Gasteiger partial charge in [-0.2, -0.15) is 5.10 Å². The van der Waals surface area contributed by atoms with Gasteiger partial charge in [-0.15, -0.1) is 0 Å². The van der Waals surface area contributed by atoms with Crippen LogP contribution in [0.3, 0.4) is 0 Å². The largest absolute Gasteiger partial charge is 0.253 e. The van der Waals surface area contributed by atoms with E-state index in [1.54, 1.807) is 0 Å². The highest BCUT2D eigenvalue weighted by Gasteiger charge is 2.21. The van der Waals surface area contributed by atoms with Gasteiger partial charge in [0, 0.05) is 0 Å². The summed E-state index contributed by atoms with van der Waals surface area (Å²) in [7, 11) is 0. The Morgan fingerprint density at radius 2 is 1.70 bits per heavy atom. The van der Waals surface area contributed by atoms with Crippen LogP contribution in [0.1, 0.15) is 17.2 Å². The van der Waals surface area contributed by atoms with Crippen molar-refractivity contribution in [2.24, 2.45) is 5.10 Å². The van der Waals surface area contributed by atoms with Crippen molar-refractivity contribution in [2.45, 2.75) is 13.0 Å². The van der Waals surface area contributed by atoms with Gasteiger partial charge in [-0.25, -0.2) is 0 Å². The monoisotopic (exact) mass is 282 g/mol. The molecule has 0 fully saturated rings. The van der Waals surface area contributed by atoms with E-state index in [1.165, 1.54) is 11.1 Å². The van der Waals surface area contributed by atoms with Crippen LogP contribution in [0.15, 0.2) is 71.9 Å². The van der Waals surface area contributed by atoms with Crippen molar-refractivity contribution in [3.63, 3.8) is 0 Å². The lowest BCUT2D eigenvalue weighted by molar-refractivity contribution is 0.754. The molecule has 3 rings (SSSR count). The van der Waals surface area contributed by atoms with Gasteiger partial charge >= 0.3 is 0 Å². The Morgan fingerprint density at radius 3 is 2.40 bits per heavy atom. The Kier molecular flexibility index (Phi) is 3.57. The predicted octanol–water partition coefficient (Wildman–Crippen LogP) is 4.66. The molecule has 20 heavy (non-hydrogen) atoms. The molecule has 100 valence electrons. The highest BCUT2D eigenvalue weighted by atomic mass is 35.5. The van der Waals surface area contributed by atoms with E-state index in [2.05, 4.69) is 54.5 Å². The van der Waals surface area contributed by atoms with Gasteiger partial charge in [0.2, 0.25) is 0 Å². The van der Waals surface area contributed by atoms with Crippen LogP contribution in [-0.2, 0) is 0 Å². The number of nitrogens with zero attached hydrogens (tertiary/aromatic N) is 2. The molecular weight excluding hydrogens is 268 g/mol. The van der Waals surface area contributed by atoms with Gasteiger partial charge in [0.05, 0.1) is 11.7 Å². The van der Waals surface area contributed by atoms with Crippen molar-refractivity contribution in [1.29, 1.82) is 0 Å². The first kappa shape index (κ1) is 12.9. The third kappa shape index (κ3) is 2.61. The number of anilines is 1. The fourth-order valence-corrected chi connectivity index (χ4v) is 2.42. The molecule has 0 radical (unpaired) electrons. The van der Waals surface area contributed by atoms with Crippen LogP contribution in [0.5, 0.6) is 0 Å². The first-order valence-electron chi connectivity index (χ1n) is 6.57. The van der Waals surface area contributed by atoms with Crippen molar-refractivity contribution >= 4 is 22.5 Å². The second kappa shape index (κ2) is 5.51. The lowest BCUT2D eigenvalue weighted by atomic mass is 10.0. The van der Waals surface area contributed by atoms with Gasteiger partial charge in [-0.1, -0.05) is 65.7 Å². The highest BCUT2D eigenvalue weighted by molar-refractivity contribution is 6.68. The predicted molar refractivity (Wildman–Crippen MR) is 85.3 cm³/mol. The van der Waals surface area contributed by atoms with E-state index in [9.17, 15) is 0 Å². The molecule has 1 aliphatic heterocycles. The second-order valence-corrected chi connectivity index (χ2v) is 5.20. The maximum absolute atomic E-state index is 6.07. The molecular formula is C17H15ClN2. The first-order valence-corrected chi connectivity index (χ1v) is 6.95. The molecule has 2 aromatic carbocycles. The summed E-state index contributed by atoms with van der Waals surface area (Å²) in [5.41, 5.74) is 3.46. The van der Waals surface area contributed by atoms with Crippen molar-refractivity contribution < 1.29 is 0 Å². The van der Waals surface area contributed by atoms with E-state index in [4.69, 9.17) is 11.6 Å². The second-order valence-electron chi connectivity index (χ2n) is 4.82. The zero-order valence-corrected chi connectivity index (χ0v) is 12.0. The molecule has 2 aromatic rings. The van der Waals surface area contributed by atoms with E-state index in [-0.39, 0.29) is 6.04 Å². The molecule has 0 amide bonds. The Labute approximate surface area is 124 Å². The summed E-state index contributed by atoms with van der Waals surface area (Å²) in [6.45, 7) is 2.07. The minimum absolute atomic E-state index is 0.0707. The van der Waals surface area contributed by atoms with Gasteiger partial charge in [0.15, 0.2) is 0 Å². The summed E-state index contributed by atoms with van der Waals surface area (Å²) in [5, 5.41) is 6.92. The molecule has 0 saturated heterocycles. The fourth-order valence-electron chi connectivity index (χ4n) is 2.27. The molecule has 0 aromatic heterocycles. The standard InChI is InChI=1S/C17H15ClN2/c1-13-7-9-15(10-8-13)20-16(11-12-17(18)19-20)14-5-3-2-4-6-14/h2-12,16H,1H3. The van der Waals surface area contributed by atoms with E-state index in [0.29, 0.717) is 5.17 Å². The number of rotatable bonds is 2. The third-order valence-electron chi connectivity index (χ3n) is 3.32. The fraction of sp³-hybridized carbons (Fsp3) is 0.118. The van der Waals surface area contributed by atoms with Gasteiger partial charge in [-0.3, -0.25) is 5.01 Å². The summed E-state index contributed by atoms with van der Waals surface area (Å²) in [4.78, 5) is 0. The van der Waals surface area contributed by atoms with Crippen molar-refractivity contribution in [3.05, 3.63) is 77.9 Å². The Balaban J connectivity index is 2.01. The maximum Gasteiger partial charge on any atom is 0.149 e. The molecule has 0 aliphatic carbocycles. The zero-order chi connectivity index (χ0) is 13.9. The number of hydrogen-bond donors (Lipinski definition) is 0. The molecule has 3 heteroatoms. The minimum atomic E-state index is 0.0707. The molecule has 1 aliphatic rings. The minimum Gasteiger partial charge on any atom is -0.253 e. The number of allylic oxidation sites excluding steroid dienone is 1. The van der Waals surface area contributed by atoms with Crippen molar-refractivity contribution in [2.75, 3.05) is 5.01 Å². The molecule has 1 heterocycles. The molecule has 0 saturated carbocycles. The normalized spacial score (nSPS) is 18.0. The average Bonchev–Trinajstić information content (AvgIpc) is 2.49. The van der Waals surface area contributed by atoms with E-state index < -0.39 is 0 Å². The number of hydrazone groups is 1. The summed E-state index contributed by atoms with van der Waals surface area (Å²) in [6, 6.07) is 18.7. The van der Waals surface area contributed by atoms with E-state index >= 15 is 0 Å². The number of halogens is 1. The third-order valence-corrected chi connectivity index (χ3v) is 3.52. The van der Waals surface area contributed by atoms with Crippen molar-refractivity contribution in [3.8, 4) is 0 Å². The topological polar surface area (TPSA) is 15.6 Å². The van der Waals surface area contributed by atoms with Crippen molar-refractivity contribution in [1.82, 2.24) is 0 Å². The molecule has 0 spiro atoms. The average molecular weight is 283 g/mol. The van der Waals surface area contributed by atoms with Crippen LogP contribution >= 0.6 is 11.6 Å². The Bertz CT molecular complexity index is 644. The maximum atomic E-state index is 6.07.